The first-order valence-electron chi connectivity index (χ1n) is 43.5. The van der Waals surface area contributed by atoms with Crippen molar-refractivity contribution in [2.45, 2.75) is 209 Å². The monoisotopic (exact) mass is 1780 g/mol. The Balaban J connectivity index is 1.11. The second-order valence-corrected chi connectivity index (χ2v) is 34.7. The predicted molar refractivity (Wildman–Crippen MR) is 478 cm³/mol. The first kappa shape index (κ1) is 99.1. The van der Waals surface area contributed by atoms with E-state index in [0.717, 1.165) is 16.7 Å². The van der Waals surface area contributed by atoms with Gasteiger partial charge in [-0.3, -0.25) is 76.7 Å². The number of rotatable bonds is 23. The number of aromatic amines is 1. The number of carboxylic acids is 1. The standard InChI is InChI=1S/C92H121N17O18S/c1-9-10-32-73-91(126)109-42-23-34-72(109)85(120)98-64(39-40-78(113)114)81(116)104-79(55(4)5)92(127)106(7)74(46-57-26-16-12-17-27-57)87(122)102-69(49-93)89(124)108-41-22-33-71(108)86(121)101-67(48-60-50-95-63-31-21-20-30-62(60)63)84(119)100-66(44-59-35-37-61(110)38-36-59)83(118)99-65(43-54(2)3)82(117)103-70(80(115)96-51-76(94)111)52-128-53-77(112)97-68(45-56-24-14-11-15-25-56)88(123)107(8)75(90(125)105(73)6)47-58-28-18-13-19-29-58/h11-21,24-31,35-38,50,54-55,64-75,79,95,110H,9-10,22-23,32-34,39-49,51-53,93H2,1-8H3,(H2,94,111)(H,96,115)(H,97,112)(H,98,120)(H,99,118)(H,100,119)(H,101,121)(H,102,122)(H,103,117)(H,104,116)(H,113,114). The van der Waals surface area contributed by atoms with Crippen molar-refractivity contribution in [2.75, 3.05) is 58.8 Å². The molecular formula is C92H121N17O18S. The topological polar surface area (TPSA) is 506 Å². The summed E-state index contributed by atoms with van der Waals surface area (Å²) in [4.78, 5) is 246. The summed E-state index contributed by atoms with van der Waals surface area (Å²) in [6, 6.07) is 20.1. The Bertz CT molecular complexity index is 4890. The van der Waals surface area contributed by atoms with Gasteiger partial charge in [-0.15, -0.1) is 11.8 Å². The van der Waals surface area contributed by atoms with Crippen molar-refractivity contribution < 1.29 is 86.9 Å². The number of primary amides is 1. The van der Waals surface area contributed by atoms with Gasteiger partial charge in [-0.05, 0) is 103 Å². The van der Waals surface area contributed by atoms with Crippen LogP contribution in [0.15, 0.2) is 146 Å². The van der Waals surface area contributed by atoms with Gasteiger partial charge < -0.3 is 99.0 Å². The summed E-state index contributed by atoms with van der Waals surface area (Å²) in [5.74, 6) is -16.0. The lowest BCUT2D eigenvalue weighted by molar-refractivity contribution is -0.152. The number of fused-ring (bicyclic) bond motifs is 3. The van der Waals surface area contributed by atoms with E-state index in [0.29, 0.717) is 51.6 Å². The van der Waals surface area contributed by atoms with E-state index < -0.39 is 211 Å². The molecule has 3 saturated heterocycles. The largest absolute Gasteiger partial charge is 0.508 e. The number of para-hydroxylation sites is 1. The maximum absolute atomic E-state index is 15.7. The lowest BCUT2D eigenvalue weighted by Gasteiger charge is -2.38. The third-order valence-corrected chi connectivity index (χ3v) is 24.4. The number of likely N-dealkylation sites (N-methyl/N-ethyl adjacent to an activating group) is 3. The van der Waals surface area contributed by atoms with Gasteiger partial charge in [0.25, 0.3) is 0 Å². The van der Waals surface area contributed by atoms with Crippen molar-refractivity contribution in [3.63, 3.8) is 0 Å². The van der Waals surface area contributed by atoms with Crippen molar-refractivity contribution in [1.29, 1.82) is 0 Å². The van der Waals surface area contributed by atoms with E-state index in [4.69, 9.17) is 11.5 Å². The Kier molecular flexibility index (Phi) is 36.9. The van der Waals surface area contributed by atoms with E-state index in [1.165, 1.54) is 65.0 Å². The van der Waals surface area contributed by atoms with Crippen LogP contribution in [0.3, 0.4) is 0 Å². The number of carboxylic acid groups (broad SMARTS) is 1. The number of hydrogen-bond acceptors (Lipinski definition) is 19. The quantitative estimate of drug-likeness (QED) is 0.0435. The van der Waals surface area contributed by atoms with Crippen molar-refractivity contribution >= 4 is 117 Å². The molecule has 15 amide bonds. The van der Waals surface area contributed by atoms with Gasteiger partial charge in [-0.25, -0.2) is 0 Å². The summed E-state index contributed by atoms with van der Waals surface area (Å²) in [5.41, 5.74) is 15.3. The SMILES string of the molecule is CCCCC1C(=O)N2CCCC2C(=O)NC(CCC(=O)O)C(=O)NC(C(C)C)C(=O)N(C)C(Cc2ccccc2)C(=O)NC(CN)C(=O)N2CCCC2C(=O)NC(Cc2c[nH]c3ccccc23)C(=O)NC(Cc2ccc(O)cc2)C(=O)NC(CC(C)C)C(=O)NC(C(=O)NCC(N)=O)CSCC(=O)NC(Cc2ccccc2)C(=O)N(C)C(Cc2ccccc2)C(=O)N1C. The van der Waals surface area contributed by atoms with Gasteiger partial charge in [0.2, 0.25) is 88.6 Å². The minimum atomic E-state index is -1.64. The molecule has 1 aromatic heterocycles. The highest BCUT2D eigenvalue weighted by molar-refractivity contribution is 8.00. The number of hydrogen-bond donors (Lipinski definition) is 14. The van der Waals surface area contributed by atoms with Crippen molar-refractivity contribution in [2.24, 2.45) is 23.3 Å². The molecule has 9 rings (SSSR count). The van der Waals surface area contributed by atoms with E-state index in [-0.39, 0.29) is 101 Å². The molecule has 3 aliphatic heterocycles. The second kappa shape index (κ2) is 47.7. The zero-order valence-electron chi connectivity index (χ0n) is 73.6. The van der Waals surface area contributed by atoms with Crippen LogP contribution in [-0.4, -0.2) is 272 Å². The van der Waals surface area contributed by atoms with E-state index in [1.807, 2.05) is 6.92 Å². The predicted octanol–water partition coefficient (Wildman–Crippen LogP) is 1.79. The number of nitrogens with zero attached hydrogens (tertiary/aromatic N) is 5. The fourth-order valence-corrected chi connectivity index (χ4v) is 17.1. The number of nitrogens with two attached hydrogens (primary N) is 2. The van der Waals surface area contributed by atoms with Crippen LogP contribution >= 0.6 is 11.8 Å². The molecule has 0 bridgehead atoms. The molecule has 16 N–H and O–H groups in total. The van der Waals surface area contributed by atoms with Crippen LogP contribution in [0.2, 0.25) is 0 Å². The van der Waals surface area contributed by atoms with Crippen LogP contribution in [0.5, 0.6) is 5.75 Å². The summed E-state index contributed by atoms with van der Waals surface area (Å²) < 4.78 is 0. The molecule has 0 saturated carbocycles. The molecule has 4 heterocycles. The number of phenols is 1. The zero-order valence-corrected chi connectivity index (χ0v) is 74.4. The van der Waals surface area contributed by atoms with Crippen LogP contribution in [0.25, 0.3) is 10.9 Å². The maximum atomic E-state index is 15.7. The summed E-state index contributed by atoms with van der Waals surface area (Å²) in [6.07, 6.45) is 1.24. The molecular weight excluding hydrogens is 1660 g/mol. The smallest absolute Gasteiger partial charge is 0.303 e. The lowest BCUT2D eigenvalue weighted by atomic mass is 9.98. The fourth-order valence-electron chi connectivity index (χ4n) is 16.2. The molecule has 688 valence electrons. The fraction of sp³-hybridized carbons (Fsp3) is 0.478. The minimum Gasteiger partial charge on any atom is -0.508 e. The number of benzene rings is 5. The van der Waals surface area contributed by atoms with Crippen LogP contribution in [0.1, 0.15) is 127 Å². The van der Waals surface area contributed by atoms with E-state index in [9.17, 15) is 43.8 Å². The molecule has 0 aliphatic carbocycles. The second-order valence-electron chi connectivity index (χ2n) is 33.6. The van der Waals surface area contributed by atoms with Crippen LogP contribution < -0.4 is 59.3 Å². The first-order chi connectivity index (χ1) is 61.1. The molecule has 13 atom stereocenters. The summed E-state index contributed by atoms with van der Waals surface area (Å²) in [6.45, 7) is 7.40. The average molecular weight is 1790 g/mol. The van der Waals surface area contributed by atoms with E-state index >= 15 is 43.2 Å². The Hall–Kier alpha value is -12.7. The van der Waals surface area contributed by atoms with Crippen molar-refractivity contribution in [3.05, 3.63) is 174 Å². The van der Waals surface area contributed by atoms with Crippen LogP contribution in [0.4, 0.5) is 0 Å². The number of aliphatic carboxylic acids is 1. The molecule has 0 radical (unpaired) electrons. The number of carbonyl (C=O) groups excluding carboxylic acids is 15. The number of aromatic hydroxyl groups is 1. The number of phenolic OH excluding ortho intramolecular Hbond substituents is 1. The average Bonchev–Trinajstić information content (AvgIpc) is 1.60. The molecule has 0 spiro atoms. The number of nitrogens with one attached hydrogen (secondary N) is 10. The van der Waals surface area contributed by atoms with Crippen molar-refractivity contribution in [3.8, 4) is 5.75 Å². The highest BCUT2D eigenvalue weighted by Gasteiger charge is 2.46. The zero-order chi connectivity index (χ0) is 93.0. The Labute approximate surface area is 748 Å². The summed E-state index contributed by atoms with van der Waals surface area (Å²) in [5, 5.41) is 45.6. The maximum Gasteiger partial charge on any atom is 0.303 e. The van der Waals surface area contributed by atoms with Gasteiger partial charge in [-0.1, -0.05) is 169 Å². The first-order valence-corrected chi connectivity index (χ1v) is 44.6. The summed E-state index contributed by atoms with van der Waals surface area (Å²) in [7, 11) is 4.14. The molecule has 13 unspecified atom stereocenters. The number of thioether (sulfide) groups is 1. The molecule has 3 fully saturated rings. The lowest BCUT2D eigenvalue weighted by Crippen LogP contribution is -2.62. The molecule has 35 nitrogen and oxygen atoms in total. The number of carbonyl (C=O) groups is 16. The minimum absolute atomic E-state index is 0.0130. The number of aromatic nitrogens is 1. The molecule has 5 aromatic carbocycles. The van der Waals surface area contributed by atoms with Gasteiger partial charge in [-0.2, -0.15) is 0 Å². The summed E-state index contributed by atoms with van der Waals surface area (Å²) >= 11 is 0.846. The highest BCUT2D eigenvalue weighted by atomic mass is 32.2. The number of H-pyrrole nitrogens is 1. The van der Waals surface area contributed by atoms with Gasteiger partial charge in [0, 0.05) is 102 Å². The van der Waals surface area contributed by atoms with Crippen LogP contribution in [-0.2, 0) is 109 Å². The van der Waals surface area contributed by atoms with Gasteiger partial charge >= 0.3 is 5.97 Å². The van der Waals surface area contributed by atoms with Crippen molar-refractivity contribution in [1.82, 2.24) is 77.3 Å². The Morgan fingerprint density at radius 2 is 0.992 bits per heavy atom. The van der Waals surface area contributed by atoms with Gasteiger partial charge in [0.05, 0.1) is 12.3 Å². The Morgan fingerprint density at radius 1 is 0.500 bits per heavy atom. The normalized spacial score (nSPS) is 24.0. The van der Waals surface area contributed by atoms with Gasteiger partial charge in [0.15, 0.2) is 0 Å². The molecule has 36 heteroatoms. The van der Waals surface area contributed by atoms with Gasteiger partial charge in [0.1, 0.15) is 84.3 Å². The molecule has 128 heavy (non-hydrogen) atoms. The third-order valence-electron chi connectivity index (χ3n) is 23.3. The highest BCUT2D eigenvalue weighted by Crippen LogP contribution is 2.28. The molecule has 6 aromatic rings. The Morgan fingerprint density at radius 3 is 1.56 bits per heavy atom. The number of unbranched alkanes of at least 4 members (excludes halogenated alkanes) is 1. The molecule has 3 aliphatic rings. The van der Waals surface area contributed by atoms with E-state index in [2.05, 4.69) is 52.8 Å². The van der Waals surface area contributed by atoms with E-state index in [1.54, 1.807) is 149 Å². The third kappa shape index (κ3) is 27.6. The number of amides is 15. The van der Waals surface area contributed by atoms with Crippen LogP contribution in [0, 0.1) is 11.8 Å².